The Morgan fingerprint density at radius 2 is 1.88 bits per heavy atom. The van der Waals surface area contributed by atoms with E-state index in [2.05, 4.69) is 15.6 Å². The third-order valence-corrected chi connectivity index (χ3v) is 4.26. The minimum absolute atomic E-state index is 0.0430. The molecule has 0 saturated carbocycles. The lowest BCUT2D eigenvalue weighted by Crippen LogP contribution is -2.50. The van der Waals surface area contributed by atoms with Crippen LogP contribution >= 0.6 is 0 Å². The molecule has 142 valence electrons. The Balaban J connectivity index is 2.13. The molecule has 1 heterocycles. The van der Waals surface area contributed by atoms with Crippen LogP contribution in [0.2, 0.25) is 0 Å². The minimum Gasteiger partial charge on any atom is -0.449 e. The number of carbonyl (C=O) groups is 2. The summed E-state index contributed by atoms with van der Waals surface area (Å²) in [6.45, 7) is 8.19. The fraction of sp³-hybridized carbons (Fsp3) is 0.500. The van der Waals surface area contributed by atoms with Crippen LogP contribution < -0.4 is 10.6 Å². The standard InChI is InChI=1S/C20H29N3O3/c1-5-14(4)22-19(24)18(23-20(25)26-12-13(2)3)10-15-11-21-17-9-7-6-8-16(15)17/h6-9,11,13-14,18,21H,5,10,12H2,1-4H3,(H,22,24)(H,23,25). The van der Waals surface area contributed by atoms with Gasteiger partial charge in [0.05, 0.1) is 6.61 Å². The van der Waals surface area contributed by atoms with Crippen molar-refractivity contribution in [3.8, 4) is 0 Å². The Bertz CT molecular complexity index is 739. The van der Waals surface area contributed by atoms with Gasteiger partial charge in [0.15, 0.2) is 0 Å². The van der Waals surface area contributed by atoms with Crippen LogP contribution in [0.5, 0.6) is 0 Å². The average Bonchev–Trinajstić information content (AvgIpc) is 3.02. The van der Waals surface area contributed by atoms with Crippen molar-refractivity contribution in [1.29, 1.82) is 0 Å². The van der Waals surface area contributed by atoms with Crippen LogP contribution in [0.15, 0.2) is 30.5 Å². The van der Waals surface area contributed by atoms with Crippen LogP contribution in [0, 0.1) is 5.92 Å². The second-order valence-electron chi connectivity index (χ2n) is 7.07. The smallest absolute Gasteiger partial charge is 0.407 e. The van der Waals surface area contributed by atoms with Gasteiger partial charge in [0.2, 0.25) is 5.91 Å². The van der Waals surface area contributed by atoms with Crippen LogP contribution in [-0.2, 0) is 16.0 Å². The fourth-order valence-corrected chi connectivity index (χ4v) is 2.60. The SMILES string of the molecule is CCC(C)NC(=O)C(Cc1c[nH]c2ccccc12)NC(=O)OCC(C)C. The number of amides is 2. The summed E-state index contributed by atoms with van der Waals surface area (Å²) in [6.07, 6.45) is 2.53. The lowest BCUT2D eigenvalue weighted by atomic mass is 10.0. The summed E-state index contributed by atoms with van der Waals surface area (Å²) < 4.78 is 5.18. The van der Waals surface area contributed by atoms with E-state index in [4.69, 9.17) is 4.74 Å². The normalized spacial score (nSPS) is 13.4. The van der Waals surface area contributed by atoms with Crippen molar-refractivity contribution in [2.45, 2.75) is 52.6 Å². The van der Waals surface area contributed by atoms with Gasteiger partial charge in [-0.05, 0) is 30.9 Å². The van der Waals surface area contributed by atoms with Crippen molar-refractivity contribution < 1.29 is 14.3 Å². The molecule has 0 bridgehead atoms. The molecule has 0 aliphatic carbocycles. The molecule has 6 nitrogen and oxygen atoms in total. The number of benzene rings is 1. The van der Waals surface area contributed by atoms with Crippen LogP contribution in [0.4, 0.5) is 4.79 Å². The van der Waals surface area contributed by atoms with Gasteiger partial charge in [-0.3, -0.25) is 4.79 Å². The molecular weight excluding hydrogens is 330 g/mol. The molecule has 0 saturated heterocycles. The number of hydrogen-bond acceptors (Lipinski definition) is 3. The monoisotopic (exact) mass is 359 g/mol. The van der Waals surface area contributed by atoms with E-state index < -0.39 is 12.1 Å². The summed E-state index contributed by atoms with van der Waals surface area (Å²) in [7, 11) is 0. The Labute approximate surface area is 154 Å². The lowest BCUT2D eigenvalue weighted by Gasteiger charge is -2.21. The van der Waals surface area contributed by atoms with E-state index in [1.54, 1.807) is 0 Å². The molecule has 1 aromatic carbocycles. The number of nitrogens with one attached hydrogen (secondary N) is 3. The van der Waals surface area contributed by atoms with Gasteiger partial charge in [-0.15, -0.1) is 0 Å². The summed E-state index contributed by atoms with van der Waals surface area (Å²) in [6, 6.07) is 7.25. The maximum atomic E-state index is 12.7. The van der Waals surface area contributed by atoms with Gasteiger partial charge < -0.3 is 20.4 Å². The Kier molecular flexibility index (Phi) is 7.06. The van der Waals surface area contributed by atoms with E-state index in [-0.39, 0.29) is 17.9 Å². The number of aromatic nitrogens is 1. The zero-order valence-electron chi connectivity index (χ0n) is 16.0. The molecule has 26 heavy (non-hydrogen) atoms. The molecule has 0 spiro atoms. The number of fused-ring (bicyclic) bond motifs is 1. The molecule has 2 atom stereocenters. The molecule has 2 rings (SSSR count). The molecule has 0 aliphatic rings. The maximum Gasteiger partial charge on any atom is 0.407 e. The zero-order valence-corrected chi connectivity index (χ0v) is 16.0. The van der Waals surface area contributed by atoms with E-state index in [0.29, 0.717) is 13.0 Å². The number of alkyl carbamates (subject to hydrolysis) is 1. The first-order chi connectivity index (χ1) is 12.4. The average molecular weight is 359 g/mol. The Morgan fingerprint density at radius 3 is 2.58 bits per heavy atom. The highest BCUT2D eigenvalue weighted by atomic mass is 16.5. The Hall–Kier alpha value is -2.50. The van der Waals surface area contributed by atoms with Crippen molar-refractivity contribution >= 4 is 22.9 Å². The number of H-pyrrole nitrogens is 1. The lowest BCUT2D eigenvalue weighted by molar-refractivity contribution is -0.123. The molecule has 2 aromatic rings. The highest BCUT2D eigenvalue weighted by Crippen LogP contribution is 2.19. The van der Waals surface area contributed by atoms with Crippen molar-refractivity contribution in [3.63, 3.8) is 0 Å². The highest BCUT2D eigenvalue weighted by molar-refractivity contribution is 5.88. The van der Waals surface area contributed by atoms with Crippen LogP contribution in [0.3, 0.4) is 0 Å². The summed E-state index contributed by atoms with van der Waals surface area (Å²) in [5.41, 5.74) is 1.99. The molecule has 3 N–H and O–H groups in total. The first-order valence-corrected chi connectivity index (χ1v) is 9.19. The second kappa shape index (κ2) is 9.27. The van der Waals surface area contributed by atoms with E-state index in [1.165, 1.54) is 0 Å². The first-order valence-electron chi connectivity index (χ1n) is 9.19. The largest absolute Gasteiger partial charge is 0.449 e. The Morgan fingerprint density at radius 1 is 1.15 bits per heavy atom. The molecule has 2 unspecified atom stereocenters. The fourth-order valence-electron chi connectivity index (χ4n) is 2.60. The van der Waals surface area contributed by atoms with E-state index in [0.717, 1.165) is 22.9 Å². The quantitative estimate of drug-likeness (QED) is 0.676. The third-order valence-electron chi connectivity index (χ3n) is 4.26. The molecule has 6 heteroatoms. The van der Waals surface area contributed by atoms with Crippen LogP contribution in [0.25, 0.3) is 10.9 Å². The predicted octanol–water partition coefficient (Wildman–Crippen LogP) is 3.38. The van der Waals surface area contributed by atoms with Gasteiger partial charge in [-0.2, -0.15) is 0 Å². The number of carbonyl (C=O) groups excluding carboxylic acids is 2. The van der Waals surface area contributed by atoms with E-state index in [9.17, 15) is 9.59 Å². The molecule has 0 radical (unpaired) electrons. The maximum absolute atomic E-state index is 12.7. The van der Waals surface area contributed by atoms with E-state index in [1.807, 2.05) is 58.2 Å². The van der Waals surface area contributed by atoms with Crippen molar-refractivity contribution in [2.75, 3.05) is 6.61 Å². The molecule has 0 aliphatic heterocycles. The number of rotatable bonds is 8. The summed E-state index contributed by atoms with van der Waals surface area (Å²) >= 11 is 0. The van der Waals surface area contributed by atoms with E-state index >= 15 is 0 Å². The summed E-state index contributed by atoms with van der Waals surface area (Å²) in [5, 5.41) is 6.71. The van der Waals surface area contributed by atoms with Gasteiger partial charge in [0, 0.05) is 29.6 Å². The van der Waals surface area contributed by atoms with Gasteiger partial charge in [0.25, 0.3) is 0 Å². The van der Waals surface area contributed by atoms with Gasteiger partial charge in [-0.1, -0.05) is 39.0 Å². The second-order valence-corrected chi connectivity index (χ2v) is 7.07. The highest BCUT2D eigenvalue weighted by Gasteiger charge is 2.24. The van der Waals surface area contributed by atoms with Crippen LogP contribution in [-0.4, -0.2) is 35.7 Å². The predicted molar refractivity (Wildman–Crippen MR) is 103 cm³/mol. The van der Waals surface area contributed by atoms with Crippen molar-refractivity contribution in [2.24, 2.45) is 5.92 Å². The molecule has 1 aromatic heterocycles. The minimum atomic E-state index is -0.692. The summed E-state index contributed by atoms with van der Waals surface area (Å²) in [5.74, 6) is 0.0351. The number of hydrogen-bond donors (Lipinski definition) is 3. The summed E-state index contributed by atoms with van der Waals surface area (Å²) in [4.78, 5) is 27.9. The molecule has 0 fully saturated rings. The van der Waals surface area contributed by atoms with Gasteiger partial charge >= 0.3 is 6.09 Å². The first kappa shape index (κ1) is 19.8. The van der Waals surface area contributed by atoms with Crippen LogP contribution in [0.1, 0.15) is 39.7 Å². The molecule has 2 amide bonds. The van der Waals surface area contributed by atoms with Crippen molar-refractivity contribution in [3.05, 3.63) is 36.0 Å². The zero-order chi connectivity index (χ0) is 19.1. The van der Waals surface area contributed by atoms with Gasteiger partial charge in [-0.25, -0.2) is 4.79 Å². The third kappa shape index (κ3) is 5.51. The number of aromatic amines is 1. The number of para-hydroxylation sites is 1. The topological polar surface area (TPSA) is 83.2 Å². The molecular formula is C20H29N3O3. The van der Waals surface area contributed by atoms with Gasteiger partial charge in [0.1, 0.15) is 6.04 Å². The van der Waals surface area contributed by atoms with Crippen molar-refractivity contribution in [1.82, 2.24) is 15.6 Å². The number of ether oxygens (including phenoxy) is 1.